The van der Waals surface area contributed by atoms with Gasteiger partial charge < -0.3 is 4.57 Å². The molecular weight excluding hydrogens is 222 g/mol. The van der Waals surface area contributed by atoms with Gasteiger partial charge in [-0.05, 0) is 31.7 Å². The molecular formula is C16H19NO. The molecule has 1 aromatic heterocycles. The zero-order valence-corrected chi connectivity index (χ0v) is 10.9. The van der Waals surface area contributed by atoms with E-state index in [9.17, 15) is 4.79 Å². The highest BCUT2D eigenvalue weighted by Gasteiger charge is 2.18. The Balaban J connectivity index is 2.02. The van der Waals surface area contributed by atoms with Crippen LogP contribution in [0.1, 0.15) is 43.0 Å². The van der Waals surface area contributed by atoms with E-state index in [1.54, 1.807) is 6.92 Å². The van der Waals surface area contributed by atoms with Crippen LogP contribution in [0, 0.1) is 5.92 Å². The number of para-hydroxylation sites is 1. The Kier molecular flexibility index (Phi) is 2.94. The minimum absolute atomic E-state index is 0.163. The zero-order chi connectivity index (χ0) is 12.5. The van der Waals surface area contributed by atoms with Crippen molar-refractivity contribution in [3.05, 3.63) is 36.0 Å². The number of benzene rings is 1. The SMILES string of the molecule is CC(=O)c1cn(CC2CCCC2)c2ccccc12. The van der Waals surface area contributed by atoms with Crippen molar-refractivity contribution in [2.24, 2.45) is 5.92 Å². The van der Waals surface area contributed by atoms with E-state index in [2.05, 4.69) is 22.8 Å². The Labute approximate surface area is 108 Å². The lowest BCUT2D eigenvalue weighted by Crippen LogP contribution is -2.06. The average Bonchev–Trinajstić information content (AvgIpc) is 2.98. The second kappa shape index (κ2) is 4.60. The van der Waals surface area contributed by atoms with E-state index in [1.165, 1.54) is 31.2 Å². The van der Waals surface area contributed by atoms with Gasteiger partial charge in [0.2, 0.25) is 0 Å². The van der Waals surface area contributed by atoms with Crippen molar-refractivity contribution in [3.8, 4) is 0 Å². The molecule has 1 saturated carbocycles. The lowest BCUT2D eigenvalue weighted by Gasteiger charge is -2.11. The Bertz CT molecular complexity index is 576. The number of Topliss-reactive ketones (excluding diaryl/α,β-unsaturated/α-hetero) is 1. The third-order valence-corrected chi connectivity index (χ3v) is 4.10. The molecule has 1 fully saturated rings. The Morgan fingerprint density at radius 3 is 2.72 bits per heavy atom. The molecule has 1 heterocycles. The normalized spacial score (nSPS) is 16.5. The Morgan fingerprint density at radius 1 is 1.28 bits per heavy atom. The maximum Gasteiger partial charge on any atom is 0.161 e. The molecule has 0 atom stereocenters. The third-order valence-electron chi connectivity index (χ3n) is 4.10. The summed E-state index contributed by atoms with van der Waals surface area (Å²) in [6, 6.07) is 8.24. The van der Waals surface area contributed by atoms with Crippen molar-refractivity contribution < 1.29 is 4.79 Å². The van der Waals surface area contributed by atoms with Crippen molar-refractivity contribution in [3.63, 3.8) is 0 Å². The lowest BCUT2D eigenvalue weighted by molar-refractivity contribution is 0.101. The van der Waals surface area contributed by atoms with Crippen molar-refractivity contribution in [1.82, 2.24) is 4.57 Å². The first kappa shape index (κ1) is 11.5. The summed E-state index contributed by atoms with van der Waals surface area (Å²) >= 11 is 0. The van der Waals surface area contributed by atoms with E-state index in [1.807, 2.05) is 12.3 Å². The number of fused-ring (bicyclic) bond motifs is 1. The molecule has 0 saturated heterocycles. The van der Waals surface area contributed by atoms with E-state index in [0.717, 1.165) is 23.4 Å². The maximum absolute atomic E-state index is 11.7. The highest BCUT2D eigenvalue weighted by atomic mass is 16.1. The zero-order valence-electron chi connectivity index (χ0n) is 10.9. The summed E-state index contributed by atoms with van der Waals surface area (Å²) in [6.45, 7) is 2.72. The molecule has 0 aliphatic heterocycles. The molecule has 1 aliphatic rings. The fourth-order valence-corrected chi connectivity index (χ4v) is 3.15. The molecule has 3 rings (SSSR count). The predicted octanol–water partition coefficient (Wildman–Crippen LogP) is 4.03. The molecule has 18 heavy (non-hydrogen) atoms. The van der Waals surface area contributed by atoms with Gasteiger partial charge in [0.15, 0.2) is 5.78 Å². The van der Waals surface area contributed by atoms with Gasteiger partial charge in [-0.15, -0.1) is 0 Å². The van der Waals surface area contributed by atoms with Crippen molar-refractivity contribution in [2.45, 2.75) is 39.2 Å². The Morgan fingerprint density at radius 2 is 2.00 bits per heavy atom. The summed E-state index contributed by atoms with van der Waals surface area (Å²) in [7, 11) is 0. The topological polar surface area (TPSA) is 22.0 Å². The first-order chi connectivity index (χ1) is 8.75. The van der Waals surface area contributed by atoms with Gasteiger partial charge in [-0.2, -0.15) is 0 Å². The summed E-state index contributed by atoms with van der Waals surface area (Å²) in [5.41, 5.74) is 2.07. The number of ketones is 1. The maximum atomic E-state index is 11.7. The van der Waals surface area contributed by atoms with Gasteiger partial charge in [-0.1, -0.05) is 31.0 Å². The second-order valence-corrected chi connectivity index (χ2v) is 5.42. The first-order valence-electron chi connectivity index (χ1n) is 6.84. The fourth-order valence-electron chi connectivity index (χ4n) is 3.15. The van der Waals surface area contributed by atoms with Crippen molar-refractivity contribution >= 4 is 16.7 Å². The summed E-state index contributed by atoms with van der Waals surface area (Å²) in [5, 5.41) is 1.10. The number of carbonyl (C=O) groups is 1. The van der Waals surface area contributed by atoms with E-state index in [4.69, 9.17) is 0 Å². The van der Waals surface area contributed by atoms with E-state index in [-0.39, 0.29) is 5.78 Å². The van der Waals surface area contributed by atoms with Crippen LogP contribution in [0.3, 0.4) is 0 Å². The minimum atomic E-state index is 0.163. The number of carbonyl (C=O) groups excluding carboxylic acids is 1. The molecule has 2 nitrogen and oxygen atoms in total. The van der Waals surface area contributed by atoms with E-state index < -0.39 is 0 Å². The van der Waals surface area contributed by atoms with Crippen LogP contribution in [0.25, 0.3) is 10.9 Å². The molecule has 0 amide bonds. The number of hydrogen-bond donors (Lipinski definition) is 0. The Hall–Kier alpha value is -1.57. The van der Waals surface area contributed by atoms with Crippen LogP contribution in [0.5, 0.6) is 0 Å². The van der Waals surface area contributed by atoms with Crippen LogP contribution in [0.4, 0.5) is 0 Å². The van der Waals surface area contributed by atoms with Crippen molar-refractivity contribution in [1.29, 1.82) is 0 Å². The standard InChI is InChI=1S/C16H19NO/c1-12(18)15-11-17(10-13-6-2-3-7-13)16-9-5-4-8-14(15)16/h4-5,8-9,11,13H,2-3,6-7,10H2,1H3. The molecule has 0 unspecified atom stereocenters. The molecule has 0 bridgehead atoms. The molecule has 1 aliphatic carbocycles. The lowest BCUT2D eigenvalue weighted by atomic mass is 10.1. The van der Waals surface area contributed by atoms with Gasteiger partial charge >= 0.3 is 0 Å². The van der Waals surface area contributed by atoms with Gasteiger partial charge in [-0.3, -0.25) is 4.79 Å². The molecule has 0 N–H and O–H groups in total. The van der Waals surface area contributed by atoms with E-state index >= 15 is 0 Å². The second-order valence-electron chi connectivity index (χ2n) is 5.42. The van der Waals surface area contributed by atoms with E-state index in [0.29, 0.717) is 0 Å². The van der Waals surface area contributed by atoms with Gasteiger partial charge in [0, 0.05) is 29.2 Å². The molecule has 0 radical (unpaired) electrons. The third kappa shape index (κ3) is 1.96. The minimum Gasteiger partial charge on any atom is -0.346 e. The number of aromatic nitrogens is 1. The fraction of sp³-hybridized carbons (Fsp3) is 0.438. The van der Waals surface area contributed by atoms with Crippen LogP contribution < -0.4 is 0 Å². The molecule has 2 heteroatoms. The summed E-state index contributed by atoms with van der Waals surface area (Å²) in [5.74, 6) is 0.956. The summed E-state index contributed by atoms with van der Waals surface area (Å²) in [6.07, 6.45) is 7.45. The number of hydrogen-bond acceptors (Lipinski definition) is 1. The van der Waals surface area contributed by atoms with Gasteiger partial charge in [0.25, 0.3) is 0 Å². The smallest absolute Gasteiger partial charge is 0.161 e. The summed E-state index contributed by atoms with van der Waals surface area (Å²) in [4.78, 5) is 11.7. The quantitative estimate of drug-likeness (QED) is 0.743. The number of rotatable bonds is 3. The number of nitrogens with zero attached hydrogens (tertiary/aromatic N) is 1. The highest BCUT2D eigenvalue weighted by molar-refractivity contribution is 6.06. The van der Waals surface area contributed by atoms with Crippen molar-refractivity contribution in [2.75, 3.05) is 0 Å². The van der Waals surface area contributed by atoms with Crippen LogP contribution in [-0.2, 0) is 6.54 Å². The van der Waals surface area contributed by atoms with Crippen LogP contribution in [0.15, 0.2) is 30.5 Å². The van der Waals surface area contributed by atoms with Crippen LogP contribution in [0.2, 0.25) is 0 Å². The van der Waals surface area contributed by atoms with Gasteiger partial charge in [0.1, 0.15) is 0 Å². The highest BCUT2D eigenvalue weighted by Crippen LogP contribution is 2.29. The molecule has 2 aromatic rings. The predicted molar refractivity (Wildman–Crippen MR) is 73.9 cm³/mol. The molecule has 1 aromatic carbocycles. The summed E-state index contributed by atoms with van der Waals surface area (Å²) < 4.78 is 2.28. The largest absolute Gasteiger partial charge is 0.346 e. The first-order valence-corrected chi connectivity index (χ1v) is 6.84. The molecule has 94 valence electrons. The van der Waals surface area contributed by atoms with Crippen LogP contribution in [-0.4, -0.2) is 10.4 Å². The van der Waals surface area contributed by atoms with Crippen LogP contribution >= 0.6 is 0 Å². The van der Waals surface area contributed by atoms with Gasteiger partial charge in [0.05, 0.1) is 0 Å². The van der Waals surface area contributed by atoms with Gasteiger partial charge in [-0.25, -0.2) is 0 Å². The molecule has 0 spiro atoms. The monoisotopic (exact) mass is 241 g/mol. The average molecular weight is 241 g/mol.